The van der Waals surface area contributed by atoms with Gasteiger partial charge in [0.05, 0.1) is 38.3 Å². The van der Waals surface area contributed by atoms with Gasteiger partial charge in [-0.05, 0) is 34.4 Å². The van der Waals surface area contributed by atoms with Crippen molar-refractivity contribution >= 4 is 76.2 Å². The van der Waals surface area contributed by atoms with Crippen molar-refractivity contribution in [3.05, 3.63) is 0 Å². The topological polar surface area (TPSA) is 52.6 Å². The lowest BCUT2D eigenvalue weighted by Gasteiger charge is -2.00. The fourth-order valence-corrected chi connectivity index (χ4v) is 5.72. The molecule has 0 aliphatic carbocycles. The highest BCUT2D eigenvalue weighted by molar-refractivity contribution is 8.86. The minimum Gasteiger partial charge on any atom is -0.311 e. The molecule has 0 saturated carbocycles. The van der Waals surface area contributed by atoms with Crippen molar-refractivity contribution in [2.75, 3.05) is 25.7 Å². The van der Waals surface area contributed by atoms with Gasteiger partial charge in [-0.15, -0.1) is 0 Å². The molecule has 0 aliphatic heterocycles. The Hall–Kier alpha value is 1.36. The highest BCUT2D eigenvalue weighted by atomic mass is 33.1. The van der Waals surface area contributed by atoms with Gasteiger partial charge in [-0.3, -0.25) is 9.59 Å². The van der Waals surface area contributed by atoms with Gasteiger partial charge in [0.2, 0.25) is 0 Å². The number of unbranched alkanes of at least 4 members (excludes halogenated alkanes) is 1. The van der Waals surface area contributed by atoms with E-state index in [1.807, 2.05) is 0 Å². The summed E-state index contributed by atoms with van der Waals surface area (Å²) in [6.45, 7) is 0. The molecule has 0 bridgehead atoms. The van der Waals surface area contributed by atoms with Gasteiger partial charge in [0.25, 0.3) is 8.89 Å². The summed E-state index contributed by atoms with van der Waals surface area (Å²) in [4.78, 5) is 22.1. The Morgan fingerprint density at radius 1 is 0.833 bits per heavy atom. The van der Waals surface area contributed by atoms with Crippen LogP contribution in [0.5, 0.6) is 0 Å². The van der Waals surface area contributed by atoms with Crippen LogP contribution in [0.3, 0.4) is 0 Å². The van der Waals surface area contributed by atoms with Crippen LogP contribution >= 0.6 is 67.3 Å². The molecule has 0 spiro atoms. The number of carbonyl (C=O) groups excluding carboxylic acids is 2. The first-order valence-corrected chi connectivity index (χ1v) is 10.9. The molecule has 0 fully saturated rings. The summed E-state index contributed by atoms with van der Waals surface area (Å²) >= 11 is 1.71. The van der Waals surface area contributed by atoms with Crippen molar-refractivity contribution in [3.8, 4) is 0 Å². The first-order chi connectivity index (χ1) is 8.70. The van der Waals surface area contributed by atoms with Crippen LogP contribution in [0.2, 0.25) is 0 Å². The monoisotopic (exact) mass is 366 g/mol. The van der Waals surface area contributed by atoms with Gasteiger partial charge in [0.1, 0.15) is 0 Å². The first-order valence-electron chi connectivity index (χ1n) is 4.79. The molecule has 0 aromatic carbocycles. The van der Waals surface area contributed by atoms with Gasteiger partial charge in [0.15, 0.2) is 0 Å². The van der Waals surface area contributed by atoms with E-state index in [4.69, 9.17) is 0 Å². The summed E-state index contributed by atoms with van der Waals surface area (Å²) < 4.78 is 9.21. The molecule has 0 atom stereocenters. The average Bonchev–Trinajstić information content (AvgIpc) is 2.33. The van der Waals surface area contributed by atoms with Gasteiger partial charge < -0.3 is 8.37 Å². The third-order valence-corrected chi connectivity index (χ3v) is 7.44. The zero-order chi connectivity index (χ0) is 13.6. The van der Waals surface area contributed by atoms with Crippen molar-refractivity contribution in [3.63, 3.8) is 0 Å². The van der Waals surface area contributed by atoms with E-state index in [0.29, 0.717) is 0 Å². The SMILES string of the molecule is COSC(=O)SSCCCCSSC(=O)SOC. The molecule has 0 unspecified atom stereocenters. The maximum Gasteiger partial charge on any atom is 0.283 e. The molecule has 0 saturated heterocycles. The van der Waals surface area contributed by atoms with E-state index in [1.165, 1.54) is 57.4 Å². The van der Waals surface area contributed by atoms with Gasteiger partial charge in [-0.2, -0.15) is 0 Å². The summed E-state index contributed by atoms with van der Waals surface area (Å²) in [5.74, 6) is 1.85. The molecule has 0 amide bonds. The third kappa shape index (κ3) is 13.8. The van der Waals surface area contributed by atoms with Crippen LogP contribution in [-0.4, -0.2) is 34.6 Å². The largest absolute Gasteiger partial charge is 0.311 e. The van der Waals surface area contributed by atoms with Crippen LogP contribution in [0.1, 0.15) is 12.8 Å². The van der Waals surface area contributed by atoms with Gasteiger partial charge in [-0.25, -0.2) is 0 Å². The molecule has 10 heteroatoms. The molecule has 0 N–H and O–H groups in total. The lowest BCUT2D eigenvalue weighted by Crippen LogP contribution is -1.84. The zero-order valence-electron chi connectivity index (χ0n) is 9.91. The van der Waals surface area contributed by atoms with E-state index in [2.05, 4.69) is 8.37 Å². The lowest BCUT2D eigenvalue weighted by atomic mass is 10.4. The average molecular weight is 367 g/mol. The molecule has 106 valence electrons. The van der Waals surface area contributed by atoms with Crippen LogP contribution in [0.25, 0.3) is 0 Å². The lowest BCUT2D eigenvalue weighted by molar-refractivity contribution is 0.274. The molecule has 0 aromatic heterocycles. The van der Waals surface area contributed by atoms with E-state index in [1.54, 1.807) is 0 Å². The van der Waals surface area contributed by atoms with Crippen LogP contribution < -0.4 is 0 Å². The smallest absolute Gasteiger partial charge is 0.283 e. The van der Waals surface area contributed by atoms with Gasteiger partial charge in [-0.1, -0.05) is 21.6 Å². The Morgan fingerprint density at radius 3 is 1.56 bits per heavy atom. The fourth-order valence-electron chi connectivity index (χ4n) is 0.665. The van der Waals surface area contributed by atoms with Crippen molar-refractivity contribution in [1.29, 1.82) is 0 Å². The molecule has 0 aromatic rings. The van der Waals surface area contributed by atoms with E-state index >= 15 is 0 Å². The second-order valence-corrected chi connectivity index (χ2v) is 9.55. The zero-order valence-corrected chi connectivity index (χ0v) is 14.8. The highest BCUT2D eigenvalue weighted by Gasteiger charge is 2.05. The van der Waals surface area contributed by atoms with Crippen molar-refractivity contribution in [2.45, 2.75) is 12.8 Å². The normalized spacial score (nSPS) is 10.6. The molecule has 18 heavy (non-hydrogen) atoms. The molecule has 0 heterocycles. The van der Waals surface area contributed by atoms with Crippen molar-refractivity contribution in [2.24, 2.45) is 0 Å². The van der Waals surface area contributed by atoms with Gasteiger partial charge >= 0.3 is 0 Å². The predicted molar refractivity (Wildman–Crippen MR) is 89.3 cm³/mol. The van der Waals surface area contributed by atoms with E-state index in [-0.39, 0.29) is 8.89 Å². The Balaban J connectivity index is 3.16. The maximum absolute atomic E-state index is 11.0. The summed E-state index contributed by atoms with van der Waals surface area (Å²) in [5, 5.41) is 0. The Bertz CT molecular complexity index is 216. The molecule has 0 rings (SSSR count). The van der Waals surface area contributed by atoms with Crippen LogP contribution in [0.4, 0.5) is 9.59 Å². The second-order valence-electron chi connectivity index (χ2n) is 2.52. The molecular formula is C8H14O4S6. The fraction of sp³-hybridized carbons (Fsp3) is 0.750. The minimum atomic E-state index is -0.0328. The number of hydrogen-bond donors (Lipinski definition) is 0. The minimum absolute atomic E-state index is 0.0328. The summed E-state index contributed by atoms with van der Waals surface area (Å²) in [5.41, 5.74) is 0. The standard InChI is InChI=1S/C8H14O4S6/c1-11-15-7(9)17-13-5-3-4-6-14-18-8(10)16-12-2/h3-6H2,1-2H3. The van der Waals surface area contributed by atoms with Crippen LogP contribution in [-0.2, 0) is 8.37 Å². The molecular weight excluding hydrogens is 352 g/mol. The Kier molecular flexibility index (Phi) is 15.9. The van der Waals surface area contributed by atoms with E-state index < -0.39 is 0 Å². The Morgan fingerprint density at radius 2 is 1.22 bits per heavy atom. The Labute approximate surface area is 132 Å². The maximum atomic E-state index is 11.0. The highest BCUT2D eigenvalue weighted by Crippen LogP contribution is 2.31. The van der Waals surface area contributed by atoms with Crippen LogP contribution in [0, 0.1) is 0 Å². The molecule has 0 aliphatic rings. The summed E-state index contributed by atoms with van der Waals surface area (Å²) in [6.07, 6.45) is 2.06. The van der Waals surface area contributed by atoms with Crippen molar-refractivity contribution < 1.29 is 18.0 Å². The number of carbonyl (C=O) groups is 2. The van der Waals surface area contributed by atoms with Crippen molar-refractivity contribution in [1.82, 2.24) is 0 Å². The molecule has 0 radical (unpaired) electrons. The first kappa shape index (κ1) is 19.4. The third-order valence-electron chi connectivity index (χ3n) is 1.26. The van der Waals surface area contributed by atoms with Crippen LogP contribution in [0.15, 0.2) is 0 Å². The predicted octanol–water partition coefficient (Wildman–Crippen LogP) is 5.36. The van der Waals surface area contributed by atoms with E-state index in [0.717, 1.165) is 48.4 Å². The number of hydrogen-bond acceptors (Lipinski definition) is 10. The second kappa shape index (κ2) is 14.8. The van der Waals surface area contributed by atoms with Gasteiger partial charge in [0, 0.05) is 11.5 Å². The molecule has 4 nitrogen and oxygen atoms in total. The summed E-state index contributed by atoms with van der Waals surface area (Å²) in [6, 6.07) is 0. The van der Waals surface area contributed by atoms with E-state index in [9.17, 15) is 9.59 Å². The summed E-state index contributed by atoms with van der Waals surface area (Å²) in [7, 11) is 8.43. The number of rotatable bonds is 9. The quantitative estimate of drug-likeness (QED) is 0.303.